The van der Waals surface area contributed by atoms with E-state index in [4.69, 9.17) is 6.57 Å². The standard InChI is InChI=1S/C10H10N4/c1-7(2)8-4-12-10-9(11-3)5-13-14(10)6-8/h4-7H,1-2H3. The third-order valence-electron chi connectivity index (χ3n) is 2.14. The van der Waals surface area contributed by atoms with Gasteiger partial charge in [-0.25, -0.2) is 14.3 Å². The zero-order valence-corrected chi connectivity index (χ0v) is 8.10. The van der Waals surface area contributed by atoms with Gasteiger partial charge in [-0.15, -0.1) is 0 Å². The quantitative estimate of drug-likeness (QED) is 0.641. The van der Waals surface area contributed by atoms with Crippen molar-refractivity contribution >= 4 is 11.3 Å². The zero-order chi connectivity index (χ0) is 10.1. The molecule has 4 heteroatoms. The highest BCUT2D eigenvalue weighted by atomic mass is 15.2. The predicted octanol–water partition coefficient (Wildman–Crippen LogP) is 2.40. The van der Waals surface area contributed by atoms with Crippen LogP contribution < -0.4 is 0 Å². The molecule has 0 aliphatic carbocycles. The Bertz CT molecular complexity index is 504. The van der Waals surface area contributed by atoms with Crippen LogP contribution in [0.25, 0.3) is 10.5 Å². The molecule has 0 fully saturated rings. The lowest BCUT2D eigenvalue weighted by molar-refractivity contribution is 0.821. The Kier molecular flexibility index (Phi) is 1.93. The molecule has 2 heterocycles. The number of nitrogens with zero attached hydrogens (tertiary/aromatic N) is 4. The van der Waals surface area contributed by atoms with Crippen LogP contribution >= 0.6 is 0 Å². The molecule has 0 saturated heterocycles. The third kappa shape index (κ3) is 1.23. The van der Waals surface area contributed by atoms with Crippen LogP contribution in [0.3, 0.4) is 0 Å². The van der Waals surface area contributed by atoms with Crippen molar-refractivity contribution in [3.8, 4) is 0 Å². The van der Waals surface area contributed by atoms with Gasteiger partial charge in [0, 0.05) is 12.4 Å². The average molecular weight is 186 g/mol. The molecular formula is C10H10N4. The van der Waals surface area contributed by atoms with Crippen molar-refractivity contribution in [2.45, 2.75) is 19.8 Å². The summed E-state index contributed by atoms with van der Waals surface area (Å²) >= 11 is 0. The largest absolute Gasteiger partial charge is 0.250 e. The summed E-state index contributed by atoms with van der Waals surface area (Å²) in [7, 11) is 0. The minimum absolute atomic E-state index is 0.424. The Morgan fingerprint density at radius 2 is 2.21 bits per heavy atom. The van der Waals surface area contributed by atoms with Crippen LogP contribution in [0.1, 0.15) is 25.3 Å². The first kappa shape index (κ1) is 8.70. The molecule has 0 bridgehead atoms. The van der Waals surface area contributed by atoms with E-state index < -0.39 is 0 Å². The molecule has 4 nitrogen and oxygen atoms in total. The van der Waals surface area contributed by atoms with Gasteiger partial charge in [0.05, 0.1) is 12.8 Å². The van der Waals surface area contributed by atoms with Crippen LogP contribution in [0.5, 0.6) is 0 Å². The first-order valence-corrected chi connectivity index (χ1v) is 4.43. The molecule has 0 saturated carbocycles. The van der Waals surface area contributed by atoms with Crippen molar-refractivity contribution < 1.29 is 0 Å². The van der Waals surface area contributed by atoms with Gasteiger partial charge in [0.15, 0.2) is 5.65 Å². The van der Waals surface area contributed by atoms with E-state index >= 15 is 0 Å². The van der Waals surface area contributed by atoms with Crippen molar-refractivity contribution in [2.75, 3.05) is 0 Å². The van der Waals surface area contributed by atoms with Gasteiger partial charge in [0.1, 0.15) is 0 Å². The molecule has 2 rings (SSSR count). The lowest BCUT2D eigenvalue weighted by atomic mass is 10.1. The molecule has 0 N–H and O–H groups in total. The predicted molar refractivity (Wildman–Crippen MR) is 53.3 cm³/mol. The summed E-state index contributed by atoms with van der Waals surface area (Å²) in [5, 5.41) is 4.07. The van der Waals surface area contributed by atoms with Gasteiger partial charge in [-0.3, -0.25) is 0 Å². The normalized spacial score (nSPS) is 10.7. The van der Waals surface area contributed by atoms with Gasteiger partial charge in [0.25, 0.3) is 0 Å². The number of hydrogen-bond donors (Lipinski definition) is 0. The molecule has 0 spiro atoms. The summed E-state index contributed by atoms with van der Waals surface area (Å²) in [4.78, 5) is 7.56. The van der Waals surface area contributed by atoms with E-state index in [1.54, 1.807) is 16.9 Å². The van der Waals surface area contributed by atoms with Crippen molar-refractivity contribution in [1.82, 2.24) is 14.6 Å². The Morgan fingerprint density at radius 3 is 2.86 bits per heavy atom. The lowest BCUT2D eigenvalue weighted by Gasteiger charge is -2.04. The molecule has 0 aromatic carbocycles. The fourth-order valence-corrected chi connectivity index (χ4v) is 1.25. The summed E-state index contributed by atoms with van der Waals surface area (Å²) in [5.41, 5.74) is 2.25. The summed E-state index contributed by atoms with van der Waals surface area (Å²) in [6.07, 6.45) is 5.26. The maximum atomic E-state index is 6.91. The number of hydrogen-bond acceptors (Lipinski definition) is 2. The van der Waals surface area contributed by atoms with Crippen molar-refractivity contribution in [2.24, 2.45) is 0 Å². The Hall–Kier alpha value is -1.89. The second-order valence-corrected chi connectivity index (χ2v) is 3.45. The number of aromatic nitrogens is 3. The van der Waals surface area contributed by atoms with Gasteiger partial charge < -0.3 is 0 Å². The molecule has 0 aliphatic heterocycles. The van der Waals surface area contributed by atoms with E-state index in [2.05, 4.69) is 28.8 Å². The monoisotopic (exact) mass is 186 g/mol. The molecule has 0 radical (unpaired) electrons. The summed E-state index contributed by atoms with van der Waals surface area (Å²) in [6.45, 7) is 11.1. The van der Waals surface area contributed by atoms with E-state index in [0.29, 0.717) is 17.3 Å². The SMILES string of the molecule is [C-]#[N+]c1cnn2cc(C(C)C)cnc12. The zero-order valence-electron chi connectivity index (χ0n) is 8.10. The van der Waals surface area contributed by atoms with E-state index in [0.717, 1.165) is 5.56 Å². The second-order valence-electron chi connectivity index (χ2n) is 3.45. The third-order valence-corrected chi connectivity index (χ3v) is 2.14. The van der Waals surface area contributed by atoms with Crippen LogP contribution in [-0.2, 0) is 0 Å². The second kappa shape index (κ2) is 3.11. The fourth-order valence-electron chi connectivity index (χ4n) is 1.25. The molecule has 0 atom stereocenters. The van der Waals surface area contributed by atoms with Crippen LogP contribution in [0.4, 0.5) is 5.69 Å². The highest BCUT2D eigenvalue weighted by Crippen LogP contribution is 2.19. The lowest BCUT2D eigenvalue weighted by Crippen LogP contribution is -1.95. The van der Waals surface area contributed by atoms with Crippen LogP contribution in [0.2, 0.25) is 0 Å². The molecule has 70 valence electrons. The average Bonchev–Trinajstić information content (AvgIpc) is 2.59. The Morgan fingerprint density at radius 1 is 1.43 bits per heavy atom. The van der Waals surface area contributed by atoms with Gasteiger partial charge in [0.2, 0.25) is 5.69 Å². The molecular weight excluding hydrogens is 176 g/mol. The number of fused-ring (bicyclic) bond motifs is 1. The minimum atomic E-state index is 0.424. The summed E-state index contributed by atoms with van der Waals surface area (Å²) in [6, 6.07) is 0. The maximum Gasteiger partial charge on any atom is 0.250 e. The van der Waals surface area contributed by atoms with Crippen molar-refractivity contribution in [3.05, 3.63) is 35.6 Å². The molecule has 2 aromatic heterocycles. The van der Waals surface area contributed by atoms with E-state index in [1.807, 2.05) is 6.20 Å². The van der Waals surface area contributed by atoms with Crippen molar-refractivity contribution in [3.63, 3.8) is 0 Å². The Labute approximate surface area is 82.0 Å². The summed E-state index contributed by atoms with van der Waals surface area (Å²) in [5.74, 6) is 0.424. The van der Waals surface area contributed by atoms with Gasteiger partial charge in [-0.2, -0.15) is 5.10 Å². The first-order valence-electron chi connectivity index (χ1n) is 4.43. The van der Waals surface area contributed by atoms with E-state index in [9.17, 15) is 0 Å². The minimum Gasteiger partial charge on any atom is -0.248 e. The fraction of sp³-hybridized carbons (Fsp3) is 0.300. The van der Waals surface area contributed by atoms with Crippen LogP contribution in [0, 0.1) is 6.57 Å². The smallest absolute Gasteiger partial charge is 0.248 e. The molecule has 2 aromatic rings. The Balaban J connectivity index is 2.64. The number of rotatable bonds is 1. The van der Waals surface area contributed by atoms with Crippen LogP contribution in [0.15, 0.2) is 18.6 Å². The van der Waals surface area contributed by atoms with Crippen LogP contribution in [-0.4, -0.2) is 14.6 Å². The highest BCUT2D eigenvalue weighted by molar-refractivity contribution is 5.67. The maximum absolute atomic E-state index is 6.91. The van der Waals surface area contributed by atoms with Gasteiger partial charge >= 0.3 is 0 Å². The topological polar surface area (TPSA) is 34.5 Å². The molecule has 14 heavy (non-hydrogen) atoms. The molecule has 0 aliphatic rings. The van der Waals surface area contributed by atoms with Crippen molar-refractivity contribution in [1.29, 1.82) is 0 Å². The molecule has 0 unspecified atom stereocenters. The summed E-state index contributed by atoms with van der Waals surface area (Å²) < 4.78 is 1.66. The van der Waals surface area contributed by atoms with Gasteiger partial charge in [-0.05, 0) is 11.5 Å². The van der Waals surface area contributed by atoms with E-state index in [-0.39, 0.29) is 0 Å². The first-order chi connectivity index (χ1) is 6.72. The van der Waals surface area contributed by atoms with Gasteiger partial charge in [-0.1, -0.05) is 13.8 Å². The highest BCUT2D eigenvalue weighted by Gasteiger charge is 2.06. The molecule has 0 amide bonds. The van der Waals surface area contributed by atoms with E-state index in [1.165, 1.54) is 0 Å².